The number of carbonyl (C=O) groups excluding carboxylic acids is 1. The van der Waals surface area contributed by atoms with Gasteiger partial charge >= 0.3 is 0 Å². The van der Waals surface area contributed by atoms with Crippen molar-refractivity contribution < 1.29 is 9.35 Å². The van der Waals surface area contributed by atoms with Crippen LogP contribution in [0.15, 0.2) is 53.4 Å². The maximum Gasteiger partial charge on any atom is 0.248 e. The van der Waals surface area contributed by atoms with Crippen molar-refractivity contribution in [2.75, 3.05) is 0 Å². The van der Waals surface area contributed by atoms with E-state index in [1.165, 1.54) is 6.42 Å². The van der Waals surface area contributed by atoms with Crippen LogP contribution in [-0.4, -0.2) is 20.8 Å². The fourth-order valence-electron chi connectivity index (χ4n) is 3.66. The van der Waals surface area contributed by atoms with Crippen LogP contribution in [0, 0.1) is 5.92 Å². The number of amides is 1. The van der Waals surface area contributed by atoms with E-state index in [9.17, 15) is 9.35 Å². The molecular formula is C21H25ClN2O2S. The molecule has 1 aliphatic rings. The zero-order valence-corrected chi connectivity index (χ0v) is 17.0. The third-order valence-electron chi connectivity index (χ3n) is 5.24. The second kappa shape index (κ2) is 9.11. The molecule has 2 N–H and O–H groups in total. The minimum atomic E-state index is -1.28. The summed E-state index contributed by atoms with van der Waals surface area (Å²) in [7, 11) is 0. The zero-order chi connectivity index (χ0) is 19.4. The highest BCUT2D eigenvalue weighted by molar-refractivity contribution is 7.89. The molecule has 3 atom stereocenters. The quantitative estimate of drug-likeness (QED) is 0.718. The summed E-state index contributed by atoms with van der Waals surface area (Å²) in [5.74, 6) is 0.0453. The number of carbonyl (C=O) groups is 1. The van der Waals surface area contributed by atoms with Crippen LogP contribution in [0.5, 0.6) is 0 Å². The summed E-state index contributed by atoms with van der Waals surface area (Å²) < 4.78 is 15.5. The molecule has 0 spiro atoms. The van der Waals surface area contributed by atoms with Crippen molar-refractivity contribution in [2.24, 2.45) is 11.7 Å². The Labute approximate surface area is 169 Å². The van der Waals surface area contributed by atoms with E-state index in [1.807, 2.05) is 24.3 Å². The Morgan fingerprint density at radius 1 is 1.15 bits per heavy atom. The molecule has 4 nitrogen and oxygen atoms in total. The fraction of sp³-hybridized carbons (Fsp3) is 0.381. The van der Waals surface area contributed by atoms with Gasteiger partial charge in [-0.1, -0.05) is 43.5 Å². The molecule has 3 rings (SSSR count). The summed E-state index contributed by atoms with van der Waals surface area (Å²) in [5, 5.41) is 0.635. The fourth-order valence-corrected chi connectivity index (χ4v) is 5.26. The molecule has 0 heterocycles. The molecule has 0 bridgehead atoms. The first-order valence-electron chi connectivity index (χ1n) is 9.28. The van der Waals surface area contributed by atoms with E-state index in [0.717, 1.165) is 29.7 Å². The van der Waals surface area contributed by atoms with Crippen molar-refractivity contribution in [3.63, 3.8) is 0 Å². The molecule has 2 aromatic rings. The van der Waals surface area contributed by atoms with Crippen LogP contribution in [0.1, 0.15) is 48.5 Å². The highest BCUT2D eigenvalue weighted by atomic mass is 35.5. The van der Waals surface area contributed by atoms with E-state index in [2.05, 4.69) is 11.2 Å². The normalized spacial score (nSPS) is 21.2. The molecule has 27 heavy (non-hydrogen) atoms. The Bertz CT molecular complexity index is 767. The highest BCUT2D eigenvalue weighted by Crippen LogP contribution is 2.33. The summed E-state index contributed by atoms with van der Waals surface area (Å²) in [6.07, 6.45) is 4.58. The molecule has 0 aliphatic heterocycles. The van der Waals surface area contributed by atoms with Crippen LogP contribution in [-0.2, 0) is 17.9 Å². The Balaban J connectivity index is 1.86. The summed E-state index contributed by atoms with van der Waals surface area (Å²) in [6.45, 7) is 2.80. The number of nitrogens with zero attached hydrogens (tertiary/aromatic N) is 1. The Morgan fingerprint density at radius 3 is 2.37 bits per heavy atom. The number of hydrogen-bond acceptors (Lipinski definition) is 3. The van der Waals surface area contributed by atoms with Gasteiger partial charge in [-0.05, 0) is 60.7 Å². The molecule has 1 saturated carbocycles. The molecule has 1 fully saturated rings. The highest BCUT2D eigenvalue weighted by Gasteiger charge is 2.35. The molecule has 0 saturated heterocycles. The van der Waals surface area contributed by atoms with Gasteiger partial charge < -0.3 is 10.3 Å². The van der Waals surface area contributed by atoms with E-state index >= 15 is 0 Å². The van der Waals surface area contributed by atoms with Gasteiger partial charge in [0.1, 0.15) is 0 Å². The number of benzene rings is 2. The minimum absolute atomic E-state index is 0.256. The standard InChI is InChI=1S/C21H25ClN2O2S/c1-15-4-2-3-5-20(15)24(27(26)19-12-10-18(22)11-13-19)14-16-6-8-17(9-7-16)21(23)25/h6-13,15,20H,2-5,14H2,1H3,(H2,23,25). The molecule has 1 aliphatic carbocycles. The Hall–Kier alpha value is -1.53. The molecule has 2 aromatic carbocycles. The van der Waals surface area contributed by atoms with Crippen LogP contribution in [0.3, 0.4) is 0 Å². The average molecular weight is 405 g/mol. The van der Waals surface area contributed by atoms with E-state index < -0.39 is 17.3 Å². The molecule has 3 unspecified atom stereocenters. The number of halogens is 1. The molecule has 1 amide bonds. The first-order chi connectivity index (χ1) is 13.0. The van der Waals surface area contributed by atoms with Crippen LogP contribution in [0.2, 0.25) is 5.02 Å². The molecular weight excluding hydrogens is 380 g/mol. The maximum atomic E-state index is 13.4. The van der Waals surface area contributed by atoms with E-state index in [1.54, 1.807) is 24.3 Å². The lowest BCUT2D eigenvalue weighted by Gasteiger charge is -2.37. The van der Waals surface area contributed by atoms with Gasteiger partial charge in [-0.2, -0.15) is 0 Å². The lowest BCUT2D eigenvalue weighted by molar-refractivity contribution is 0.1000. The van der Waals surface area contributed by atoms with Crippen molar-refractivity contribution >= 4 is 28.9 Å². The van der Waals surface area contributed by atoms with Gasteiger partial charge in [0.05, 0.1) is 23.9 Å². The van der Waals surface area contributed by atoms with Crippen LogP contribution < -0.4 is 5.73 Å². The Morgan fingerprint density at radius 2 is 1.78 bits per heavy atom. The number of hydrogen-bond donors (Lipinski definition) is 1. The summed E-state index contributed by atoms with van der Waals surface area (Å²) in [4.78, 5) is 12.1. The van der Waals surface area contributed by atoms with Gasteiger partial charge in [0.2, 0.25) is 5.91 Å². The number of primary amides is 1. The topological polar surface area (TPSA) is 69.4 Å². The van der Waals surface area contributed by atoms with Gasteiger partial charge in [0, 0.05) is 10.6 Å². The molecule has 144 valence electrons. The summed E-state index contributed by atoms with van der Waals surface area (Å²) in [5.41, 5.74) is 6.82. The van der Waals surface area contributed by atoms with Gasteiger partial charge in [-0.3, -0.25) is 4.79 Å². The predicted octanol–water partition coefficient (Wildman–Crippen LogP) is 4.54. The monoisotopic (exact) mass is 404 g/mol. The van der Waals surface area contributed by atoms with E-state index in [4.69, 9.17) is 17.3 Å². The average Bonchev–Trinajstić information content (AvgIpc) is 2.67. The SMILES string of the molecule is CC1CCCCC1N(Cc1ccc(C(N)=O)cc1)[S+]([O-])c1ccc(Cl)cc1. The van der Waals surface area contributed by atoms with Gasteiger partial charge in [0.25, 0.3) is 0 Å². The van der Waals surface area contributed by atoms with Gasteiger partial charge in [0.15, 0.2) is 4.90 Å². The maximum absolute atomic E-state index is 13.4. The first kappa shape index (κ1) is 20.2. The predicted molar refractivity (Wildman–Crippen MR) is 110 cm³/mol. The van der Waals surface area contributed by atoms with Crippen LogP contribution in [0.25, 0.3) is 0 Å². The van der Waals surface area contributed by atoms with Crippen molar-refractivity contribution in [2.45, 2.75) is 50.1 Å². The zero-order valence-electron chi connectivity index (χ0n) is 15.4. The van der Waals surface area contributed by atoms with Crippen molar-refractivity contribution in [1.82, 2.24) is 4.31 Å². The summed E-state index contributed by atoms with van der Waals surface area (Å²) in [6, 6.07) is 14.7. The van der Waals surface area contributed by atoms with Crippen molar-refractivity contribution in [1.29, 1.82) is 0 Å². The molecule has 0 radical (unpaired) electrons. The third kappa shape index (κ3) is 5.05. The summed E-state index contributed by atoms with van der Waals surface area (Å²) >= 11 is 4.71. The van der Waals surface area contributed by atoms with Gasteiger partial charge in [-0.25, -0.2) is 0 Å². The lowest BCUT2D eigenvalue weighted by Crippen LogP contribution is -2.44. The first-order valence-corrected chi connectivity index (χ1v) is 10.8. The second-order valence-electron chi connectivity index (χ2n) is 7.17. The minimum Gasteiger partial charge on any atom is -0.593 e. The Kier molecular flexibility index (Phi) is 6.82. The smallest absolute Gasteiger partial charge is 0.248 e. The van der Waals surface area contributed by atoms with Crippen molar-refractivity contribution in [3.05, 3.63) is 64.7 Å². The van der Waals surface area contributed by atoms with E-state index in [0.29, 0.717) is 23.0 Å². The van der Waals surface area contributed by atoms with Crippen molar-refractivity contribution in [3.8, 4) is 0 Å². The van der Waals surface area contributed by atoms with Crippen LogP contribution >= 0.6 is 11.6 Å². The molecule has 0 aromatic heterocycles. The van der Waals surface area contributed by atoms with E-state index in [-0.39, 0.29) is 6.04 Å². The number of nitrogens with two attached hydrogens (primary N) is 1. The number of rotatable bonds is 6. The second-order valence-corrected chi connectivity index (χ2v) is 9.04. The molecule has 6 heteroatoms. The third-order valence-corrected chi connectivity index (χ3v) is 6.99. The largest absolute Gasteiger partial charge is 0.593 e. The lowest BCUT2D eigenvalue weighted by atomic mass is 9.86. The van der Waals surface area contributed by atoms with Gasteiger partial charge in [-0.15, -0.1) is 4.31 Å². The van der Waals surface area contributed by atoms with Crippen LogP contribution in [0.4, 0.5) is 0 Å².